The molecule has 17 heavy (non-hydrogen) atoms. The quantitative estimate of drug-likeness (QED) is 0.882. The predicted molar refractivity (Wildman–Crippen MR) is 64.7 cm³/mol. The maximum Gasteiger partial charge on any atom is 0.162 e. The van der Waals surface area contributed by atoms with Gasteiger partial charge in [-0.25, -0.2) is 0 Å². The summed E-state index contributed by atoms with van der Waals surface area (Å²) in [5, 5.41) is 10.8. The van der Waals surface area contributed by atoms with Gasteiger partial charge in [-0.1, -0.05) is 18.5 Å². The van der Waals surface area contributed by atoms with E-state index in [9.17, 15) is 5.11 Å². The minimum atomic E-state index is -0.492. The lowest BCUT2D eigenvalue weighted by molar-refractivity contribution is 0.145. The molecule has 0 bridgehead atoms. The number of hydrogen-bond donors (Lipinski definition) is 1. The van der Waals surface area contributed by atoms with E-state index < -0.39 is 6.10 Å². The Hall–Kier alpha value is -0.930. The molecule has 2 aliphatic rings. The summed E-state index contributed by atoms with van der Waals surface area (Å²) in [6, 6.07) is 3.55. The summed E-state index contributed by atoms with van der Waals surface area (Å²) >= 11 is 6.18. The van der Waals surface area contributed by atoms with Crippen LogP contribution in [0.4, 0.5) is 0 Å². The summed E-state index contributed by atoms with van der Waals surface area (Å²) in [5.74, 6) is 2.26. The van der Waals surface area contributed by atoms with E-state index in [1.54, 1.807) is 6.07 Å². The van der Waals surface area contributed by atoms with E-state index in [0.29, 0.717) is 41.6 Å². The van der Waals surface area contributed by atoms with Gasteiger partial charge in [0.05, 0.1) is 11.1 Å². The maximum atomic E-state index is 10.2. The van der Waals surface area contributed by atoms with Crippen molar-refractivity contribution in [1.82, 2.24) is 0 Å². The van der Waals surface area contributed by atoms with Gasteiger partial charge in [0.15, 0.2) is 11.5 Å². The van der Waals surface area contributed by atoms with Crippen molar-refractivity contribution in [3.63, 3.8) is 0 Å². The first-order valence-electron chi connectivity index (χ1n) is 5.94. The van der Waals surface area contributed by atoms with E-state index in [4.69, 9.17) is 21.1 Å². The number of ether oxygens (including phenoxy) is 2. The van der Waals surface area contributed by atoms with Crippen LogP contribution in [0.2, 0.25) is 5.02 Å². The summed E-state index contributed by atoms with van der Waals surface area (Å²) < 4.78 is 10.9. The van der Waals surface area contributed by atoms with Crippen molar-refractivity contribution in [2.45, 2.75) is 19.4 Å². The number of benzene rings is 1. The van der Waals surface area contributed by atoms with Crippen molar-refractivity contribution in [2.75, 3.05) is 13.2 Å². The van der Waals surface area contributed by atoms with Crippen LogP contribution < -0.4 is 9.47 Å². The molecule has 0 radical (unpaired) electrons. The number of hydrogen-bond acceptors (Lipinski definition) is 3. The lowest BCUT2D eigenvalue weighted by Gasteiger charge is -2.21. The van der Waals surface area contributed by atoms with Crippen molar-refractivity contribution >= 4 is 11.6 Å². The fourth-order valence-electron chi connectivity index (χ4n) is 2.33. The van der Waals surface area contributed by atoms with E-state index in [1.807, 2.05) is 6.07 Å². The van der Waals surface area contributed by atoms with Gasteiger partial charge in [-0.3, -0.25) is 0 Å². The molecule has 1 aromatic rings. The second-order valence-electron chi connectivity index (χ2n) is 4.84. The molecule has 4 heteroatoms. The highest BCUT2D eigenvalue weighted by molar-refractivity contribution is 6.31. The van der Waals surface area contributed by atoms with E-state index in [2.05, 4.69) is 6.92 Å². The Balaban J connectivity index is 1.93. The molecule has 0 aromatic heterocycles. The fourth-order valence-corrected chi connectivity index (χ4v) is 2.59. The SMILES string of the molecule is CC1CC1C(O)c1cc2c(cc1Cl)OCCO2. The molecule has 1 heterocycles. The third-order valence-electron chi connectivity index (χ3n) is 3.56. The average molecular weight is 255 g/mol. The normalized spacial score (nSPS) is 27.7. The summed E-state index contributed by atoms with van der Waals surface area (Å²) in [4.78, 5) is 0. The van der Waals surface area contributed by atoms with Crippen LogP contribution in [0.15, 0.2) is 12.1 Å². The summed E-state index contributed by atoms with van der Waals surface area (Å²) in [7, 11) is 0. The molecule has 0 amide bonds. The van der Waals surface area contributed by atoms with E-state index in [1.165, 1.54) is 0 Å². The Morgan fingerprint density at radius 3 is 2.47 bits per heavy atom. The maximum absolute atomic E-state index is 10.2. The summed E-state index contributed by atoms with van der Waals surface area (Å²) in [5.41, 5.74) is 0.755. The van der Waals surface area contributed by atoms with E-state index in [-0.39, 0.29) is 0 Å². The smallest absolute Gasteiger partial charge is 0.162 e. The number of aliphatic hydroxyl groups excluding tert-OH is 1. The van der Waals surface area contributed by atoms with Gasteiger partial charge < -0.3 is 14.6 Å². The third kappa shape index (κ3) is 1.98. The van der Waals surface area contributed by atoms with Crippen LogP contribution in [-0.2, 0) is 0 Å². The minimum absolute atomic E-state index is 0.329. The molecule has 0 spiro atoms. The van der Waals surface area contributed by atoms with Gasteiger partial charge in [0, 0.05) is 11.6 Å². The molecule has 1 aliphatic heterocycles. The monoisotopic (exact) mass is 254 g/mol. The van der Waals surface area contributed by atoms with Crippen LogP contribution in [0.1, 0.15) is 25.0 Å². The van der Waals surface area contributed by atoms with Crippen LogP contribution in [0.3, 0.4) is 0 Å². The Bertz CT molecular complexity index is 447. The first-order chi connectivity index (χ1) is 8.16. The van der Waals surface area contributed by atoms with Crippen molar-refractivity contribution < 1.29 is 14.6 Å². The number of aliphatic hydroxyl groups is 1. The first-order valence-corrected chi connectivity index (χ1v) is 6.31. The van der Waals surface area contributed by atoms with Gasteiger partial charge in [-0.2, -0.15) is 0 Å². The molecule has 3 rings (SSSR count). The topological polar surface area (TPSA) is 38.7 Å². The molecule has 1 N–H and O–H groups in total. The minimum Gasteiger partial charge on any atom is -0.486 e. The molecular formula is C13H15ClO3. The lowest BCUT2D eigenvalue weighted by Crippen LogP contribution is -2.16. The second-order valence-corrected chi connectivity index (χ2v) is 5.25. The summed E-state index contributed by atoms with van der Waals surface area (Å²) in [6.45, 7) is 3.23. The molecule has 0 saturated heterocycles. The predicted octanol–water partition coefficient (Wildman–Crippen LogP) is 2.80. The average Bonchev–Trinajstić information content (AvgIpc) is 3.05. The zero-order valence-corrected chi connectivity index (χ0v) is 10.4. The number of halogens is 1. The zero-order chi connectivity index (χ0) is 12.0. The first kappa shape index (κ1) is 11.2. The molecule has 3 unspecified atom stereocenters. The van der Waals surface area contributed by atoms with Crippen molar-refractivity contribution in [2.24, 2.45) is 11.8 Å². The Kier molecular flexibility index (Phi) is 2.68. The molecule has 1 aliphatic carbocycles. The Labute approximate surface area is 105 Å². The molecule has 3 nitrogen and oxygen atoms in total. The highest BCUT2D eigenvalue weighted by atomic mass is 35.5. The molecule has 1 fully saturated rings. The third-order valence-corrected chi connectivity index (χ3v) is 3.88. The van der Waals surface area contributed by atoms with Crippen LogP contribution in [0.25, 0.3) is 0 Å². The van der Waals surface area contributed by atoms with Crippen LogP contribution in [0.5, 0.6) is 11.5 Å². The second kappa shape index (κ2) is 4.07. The standard InChI is InChI=1S/C13H15ClO3/c1-7-4-8(7)13(15)9-5-11-12(6-10(9)14)17-3-2-16-11/h5-8,13,15H,2-4H2,1H3. The number of rotatable bonds is 2. The van der Waals surface area contributed by atoms with Crippen molar-refractivity contribution in [1.29, 1.82) is 0 Å². The number of fused-ring (bicyclic) bond motifs is 1. The Morgan fingerprint density at radius 1 is 1.29 bits per heavy atom. The molecule has 3 atom stereocenters. The summed E-state index contributed by atoms with van der Waals surface area (Å²) in [6.07, 6.45) is 0.569. The van der Waals surface area contributed by atoms with Gasteiger partial charge >= 0.3 is 0 Å². The largest absolute Gasteiger partial charge is 0.486 e. The van der Waals surface area contributed by atoms with Gasteiger partial charge in [-0.05, 0) is 24.3 Å². The van der Waals surface area contributed by atoms with Crippen molar-refractivity contribution in [3.8, 4) is 11.5 Å². The van der Waals surface area contributed by atoms with E-state index >= 15 is 0 Å². The fraction of sp³-hybridized carbons (Fsp3) is 0.538. The van der Waals surface area contributed by atoms with Gasteiger partial charge in [-0.15, -0.1) is 0 Å². The zero-order valence-electron chi connectivity index (χ0n) is 9.65. The van der Waals surface area contributed by atoms with Crippen molar-refractivity contribution in [3.05, 3.63) is 22.7 Å². The molecule has 92 valence electrons. The Morgan fingerprint density at radius 2 is 1.88 bits per heavy atom. The van der Waals surface area contributed by atoms with Gasteiger partial charge in [0.1, 0.15) is 13.2 Å². The molecule has 1 saturated carbocycles. The van der Waals surface area contributed by atoms with Gasteiger partial charge in [0.25, 0.3) is 0 Å². The van der Waals surface area contributed by atoms with Crippen LogP contribution in [0, 0.1) is 11.8 Å². The lowest BCUT2D eigenvalue weighted by atomic mass is 10.0. The molecular weight excluding hydrogens is 240 g/mol. The van der Waals surface area contributed by atoms with Crippen LogP contribution in [-0.4, -0.2) is 18.3 Å². The van der Waals surface area contributed by atoms with E-state index in [0.717, 1.165) is 12.0 Å². The highest BCUT2D eigenvalue weighted by Crippen LogP contribution is 2.49. The van der Waals surface area contributed by atoms with Gasteiger partial charge in [0.2, 0.25) is 0 Å². The highest BCUT2D eigenvalue weighted by Gasteiger charge is 2.40. The molecule has 1 aromatic carbocycles. The van der Waals surface area contributed by atoms with Crippen LogP contribution >= 0.6 is 11.6 Å².